The van der Waals surface area contributed by atoms with Gasteiger partial charge in [-0.3, -0.25) is 9.80 Å². The van der Waals surface area contributed by atoms with E-state index in [4.69, 9.17) is 0 Å². The molecule has 1 atom stereocenters. The van der Waals surface area contributed by atoms with E-state index in [1.807, 2.05) is 0 Å². The van der Waals surface area contributed by atoms with Crippen LogP contribution in [0.15, 0.2) is 0 Å². The predicted octanol–water partition coefficient (Wildman–Crippen LogP) is 4.64. The summed E-state index contributed by atoms with van der Waals surface area (Å²) in [5.74, 6) is 0. The Morgan fingerprint density at radius 2 is 1.00 bits per heavy atom. The molecule has 0 bridgehead atoms. The quantitative estimate of drug-likeness (QED) is 0.241. The molecule has 0 rings (SSSR count). The van der Waals surface area contributed by atoms with Crippen molar-refractivity contribution < 1.29 is 10.2 Å². The number of nitrogens with zero attached hydrogens (tertiary/aromatic N) is 2. The van der Waals surface area contributed by atoms with Crippen LogP contribution in [0.2, 0.25) is 0 Å². The molecule has 0 aromatic rings. The van der Waals surface area contributed by atoms with E-state index in [9.17, 15) is 10.2 Å². The van der Waals surface area contributed by atoms with Crippen LogP contribution in [-0.4, -0.2) is 66.6 Å². The highest BCUT2D eigenvalue weighted by Crippen LogP contribution is 2.15. The largest absolute Gasteiger partial charge is 0.395 e. The first-order chi connectivity index (χ1) is 12.7. The van der Waals surface area contributed by atoms with Crippen LogP contribution in [0.5, 0.6) is 0 Å². The number of rotatable bonds is 20. The number of unbranched alkanes of at least 4 members (excludes halogenated alkanes) is 12. The van der Waals surface area contributed by atoms with E-state index in [2.05, 4.69) is 30.8 Å². The zero-order valence-electron chi connectivity index (χ0n) is 18.1. The van der Waals surface area contributed by atoms with Crippen molar-refractivity contribution in [3.8, 4) is 0 Å². The Labute approximate surface area is 164 Å². The molecule has 0 amide bonds. The average Bonchev–Trinajstić information content (AvgIpc) is 2.62. The minimum absolute atomic E-state index is 0.156. The molecule has 158 valence electrons. The fraction of sp³-hybridized carbons (Fsp3) is 1.00. The second-order valence-electron chi connectivity index (χ2n) is 7.96. The third-order valence-electron chi connectivity index (χ3n) is 5.36. The molecule has 0 aliphatic carbocycles. The maximum absolute atomic E-state index is 9.24. The van der Waals surface area contributed by atoms with E-state index < -0.39 is 0 Å². The monoisotopic (exact) mass is 372 g/mol. The van der Waals surface area contributed by atoms with Crippen LogP contribution < -0.4 is 0 Å². The molecular formula is C22H48N2O2. The maximum atomic E-state index is 9.24. The van der Waals surface area contributed by atoms with Gasteiger partial charge in [-0.25, -0.2) is 0 Å². The Morgan fingerprint density at radius 1 is 0.615 bits per heavy atom. The first kappa shape index (κ1) is 25.8. The lowest BCUT2D eigenvalue weighted by Gasteiger charge is -2.35. The molecule has 0 aliphatic heterocycles. The standard InChI is InChI=1S/C22H48N2O2/c1-4-5-6-7-8-9-10-11-12-13-14-15-16-17-22(23(2)3)24(18-20-25)19-21-26/h22,25-26H,4-21H2,1-3H3. The van der Waals surface area contributed by atoms with E-state index in [0.717, 1.165) is 6.42 Å². The fourth-order valence-corrected chi connectivity index (χ4v) is 3.78. The summed E-state index contributed by atoms with van der Waals surface area (Å²) in [5, 5.41) is 18.5. The summed E-state index contributed by atoms with van der Waals surface area (Å²) in [6.45, 7) is 3.87. The lowest BCUT2D eigenvalue weighted by molar-refractivity contribution is 0.0408. The summed E-state index contributed by atoms with van der Waals surface area (Å²) >= 11 is 0. The Morgan fingerprint density at radius 3 is 1.35 bits per heavy atom. The van der Waals surface area contributed by atoms with E-state index in [-0.39, 0.29) is 13.2 Å². The molecule has 0 heterocycles. The average molecular weight is 373 g/mol. The van der Waals surface area contributed by atoms with Crippen LogP contribution in [0.25, 0.3) is 0 Å². The van der Waals surface area contributed by atoms with E-state index in [0.29, 0.717) is 19.3 Å². The zero-order chi connectivity index (χ0) is 19.5. The van der Waals surface area contributed by atoms with Gasteiger partial charge >= 0.3 is 0 Å². The minimum atomic E-state index is 0.156. The molecule has 1 unspecified atom stereocenters. The van der Waals surface area contributed by atoms with Gasteiger partial charge in [0.2, 0.25) is 0 Å². The molecule has 2 N–H and O–H groups in total. The van der Waals surface area contributed by atoms with Gasteiger partial charge in [-0.15, -0.1) is 0 Å². The normalized spacial score (nSPS) is 13.0. The van der Waals surface area contributed by atoms with E-state index >= 15 is 0 Å². The van der Waals surface area contributed by atoms with Crippen molar-refractivity contribution in [2.45, 2.75) is 103 Å². The summed E-state index contributed by atoms with van der Waals surface area (Å²) in [6, 6.07) is 0. The number of aliphatic hydroxyl groups excluding tert-OH is 2. The lowest BCUT2D eigenvalue weighted by atomic mass is 10.0. The molecule has 0 fully saturated rings. The van der Waals surface area contributed by atoms with Crippen molar-refractivity contribution in [2.75, 3.05) is 40.4 Å². The summed E-state index contributed by atoms with van der Waals surface area (Å²) in [4.78, 5) is 4.41. The lowest BCUT2D eigenvalue weighted by Crippen LogP contribution is -2.47. The zero-order valence-corrected chi connectivity index (χ0v) is 18.1. The molecule has 0 aliphatic rings. The number of hydrogen-bond acceptors (Lipinski definition) is 4. The van der Waals surface area contributed by atoms with Crippen LogP contribution in [0, 0.1) is 0 Å². The Balaban J connectivity index is 3.61. The number of aliphatic hydroxyl groups is 2. The third-order valence-corrected chi connectivity index (χ3v) is 5.36. The fourth-order valence-electron chi connectivity index (χ4n) is 3.78. The van der Waals surface area contributed by atoms with Crippen molar-refractivity contribution in [1.29, 1.82) is 0 Å². The maximum Gasteiger partial charge on any atom is 0.0619 e. The smallest absolute Gasteiger partial charge is 0.0619 e. The molecular weight excluding hydrogens is 324 g/mol. The highest BCUT2D eigenvalue weighted by atomic mass is 16.3. The first-order valence-corrected chi connectivity index (χ1v) is 11.3. The highest BCUT2D eigenvalue weighted by Gasteiger charge is 2.19. The first-order valence-electron chi connectivity index (χ1n) is 11.3. The SMILES string of the molecule is CCCCCCCCCCCCCCCC(N(C)C)N(CCO)CCO. The van der Waals surface area contributed by atoms with Gasteiger partial charge < -0.3 is 10.2 Å². The Hall–Kier alpha value is -0.160. The van der Waals surface area contributed by atoms with Gasteiger partial charge in [0.1, 0.15) is 0 Å². The second-order valence-corrected chi connectivity index (χ2v) is 7.96. The van der Waals surface area contributed by atoms with Gasteiger partial charge in [0.25, 0.3) is 0 Å². The molecule has 0 spiro atoms. The van der Waals surface area contributed by atoms with Gasteiger partial charge in [-0.05, 0) is 20.5 Å². The van der Waals surface area contributed by atoms with Crippen LogP contribution in [-0.2, 0) is 0 Å². The molecule has 4 heteroatoms. The number of hydrogen-bond donors (Lipinski definition) is 2. The van der Waals surface area contributed by atoms with Gasteiger partial charge in [-0.2, -0.15) is 0 Å². The third kappa shape index (κ3) is 15.0. The molecule has 0 saturated carbocycles. The van der Waals surface area contributed by atoms with E-state index in [1.165, 1.54) is 83.5 Å². The molecule has 4 nitrogen and oxygen atoms in total. The van der Waals surface area contributed by atoms with Crippen LogP contribution in [0.3, 0.4) is 0 Å². The van der Waals surface area contributed by atoms with Gasteiger partial charge in [0.15, 0.2) is 0 Å². The van der Waals surface area contributed by atoms with Crippen LogP contribution in [0.4, 0.5) is 0 Å². The molecule has 0 aromatic carbocycles. The second kappa shape index (κ2) is 19.6. The minimum Gasteiger partial charge on any atom is -0.395 e. The van der Waals surface area contributed by atoms with Crippen molar-refractivity contribution in [2.24, 2.45) is 0 Å². The van der Waals surface area contributed by atoms with Gasteiger partial charge in [0.05, 0.1) is 19.4 Å². The van der Waals surface area contributed by atoms with Crippen molar-refractivity contribution in [1.82, 2.24) is 9.80 Å². The topological polar surface area (TPSA) is 46.9 Å². The Kier molecular flexibility index (Phi) is 19.5. The molecule has 0 saturated heterocycles. The molecule has 0 radical (unpaired) electrons. The van der Waals surface area contributed by atoms with Crippen LogP contribution in [0.1, 0.15) is 96.8 Å². The van der Waals surface area contributed by atoms with E-state index in [1.54, 1.807) is 0 Å². The summed E-state index contributed by atoms with van der Waals surface area (Å²) in [5.41, 5.74) is 0. The van der Waals surface area contributed by atoms with Crippen molar-refractivity contribution in [3.63, 3.8) is 0 Å². The predicted molar refractivity (Wildman–Crippen MR) is 114 cm³/mol. The molecule has 26 heavy (non-hydrogen) atoms. The van der Waals surface area contributed by atoms with Crippen molar-refractivity contribution >= 4 is 0 Å². The van der Waals surface area contributed by atoms with Crippen molar-refractivity contribution in [3.05, 3.63) is 0 Å². The Bertz CT molecular complexity index is 269. The van der Waals surface area contributed by atoms with Gasteiger partial charge in [-0.1, -0.05) is 90.4 Å². The highest BCUT2D eigenvalue weighted by molar-refractivity contribution is 4.69. The van der Waals surface area contributed by atoms with Crippen LogP contribution >= 0.6 is 0 Å². The molecule has 0 aromatic heterocycles. The summed E-state index contributed by atoms with van der Waals surface area (Å²) in [7, 11) is 4.18. The summed E-state index contributed by atoms with van der Waals surface area (Å²) in [6.07, 6.45) is 19.4. The van der Waals surface area contributed by atoms with Gasteiger partial charge in [0, 0.05) is 13.1 Å². The summed E-state index contributed by atoms with van der Waals surface area (Å²) < 4.78 is 0.